The highest BCUT2D eigenvalue weighted by Gasteiger charge is 2.25. The lowest BCUT2D eigenvalue weighted by Crippen LogP contribution is -2.27. The second-order valence-corrected chi connectivity index (χ2v) is 7.41. The minimum Gasteiger partial charge on any atom is -0.496 e. The first kappa shape index (κ1) is 17.5. The fourth-order valence-electron chi connectivity index (χ4n) is 2.25. The van der Waals surface area contributed by atoms with E-state index in [2.05, 4.69) is 61.9 Å². The van der Waals surface area contributed by atoms with Crippen molar-refractivity contribution in [2.75, 3.05) is 13.7 Å². The summed E-state index contributed by atoms with van der Waals surface area (Å²) in [5.41, 5.74) is 1.55. The highest BCUT2D eigenvalue weighted by atomic mass is 79.9. The Hall–Kier alpha value is -0.540. The SMILES string of the molecule is CCNC(CC(C)C(C)(C)C)c1cc(Br)ccc1OC. The van der Waals surface area contributed by atoms with Crippen LogP contribution in [0.2, 0.25) is 0 Å². The van der Waals surface area contributed by atoms with Crippen LogP contribution in [-0.2, 0) is 0 Å². The van der Waals surface area contributed by atoms with Gasteiger partial charge < -0.3 is 10.1 Å². The molecule has 0 saturated heterocycles. The number of halogens is 1. The standard InChI is InChI=1S/C17H28BrNO/c1-7-19-15(10-12(2)17(3,4)5)14-11-13(18)8-9-16(14)20-6/h8-9,11-12,15,19H,7,10H2,1-6H3. The monoisotopic (exact) mass is 341 g/mol. The number of methoxy groups -OCH3 is 1. The fraction of sp³-hybridized carbons (Fsp3) is 0.647. The first-order valence-electron chi connectivity index (χ1n) is 7.36. The zero-order valence-corrected chi connectivity index (χ0v) is 15.2. The van der Waals surface area contributed by atoms with Crippen LogP contribution in [0.15, 0.2) is 22.7 Å². The van der Waals surface area contributed by atoms with Crippen molar-refractivity contribution in [3.05, 3.63) is 28.2 Å². The number of hydrogen-bond donors (Lipinski definition) is 1. The van der Waals surface area contributed by atoms with Gasteiger partial charge >= 0.3 is 0 Å². The Kier molecular flexibility index (Phi) is 6.53. The van der Waals surface area contributed by atoms with Crippen molar-refractivity contribution < 1.29 is 4.74 Å². The molecular weight excluding hydrogens is 314 g/mol. The molecule has 0 aliphatic heterocycles. The van der Waals surface area contributed by atoms with Crippen molar-refractivity contribution in [1.29, 1.82) is 0 Å². The summed E-state index contributed by atoms with van der Waals surface area (Å²) in [5, 5.41) is 3.60. The van der Waals surface area contributed by atoms with Gasteiger partial charge in [0, 0.05) is 16.1 Å². The van der Waals surface area contributed by atoms with E-state index in [9.17, 15) is 0 Å². The number of ether oxygens (including phenoxy) is 1. The molecule has 1 N–H and O–H groups in total. The molecule has 0 heterocycles. The minimum atomic E-state index is 0.312. The normalized spacial score (nSPS) is 14.9. The summed E-state index contributed by atoms with van der Waals surface area (Å²) in [4.78, 5) is 0. The predicted octanol–water partition coefficient (Wildman–Crippen LogP) is 5.18. The first-order chi connectivity index (χ1) is 9.29. The van der Waals surface area contributed by atoms with Gasteiger partial charge in [-0.05, 0) is 42.5 Å². The van der Waals surface area contributed by atoms with E-state index >= 15 is 0 Å². The average Bonchev–Trinajstić information content (AvgIpc) is 2.37. The van der Waals surface area contributed by atoms with Crippen LogP contribution in [0.1, 0.15) is 52.6 Å². The van der Waals surface area contributed by atoms with Gasteiger partial charge in [0.1, 0.15) is 5.75 Å². The summed E-state index contributed by atoms with van der Waals surface area (Å²) in [6.45, 7) is 12.3. The Morgan fingerprint density at radius 1 is 1.30 bits per heavy atom. The Morgan fingerprint density at radius 2 is 1.95 bits per heavy atom. The number of hydrogen-bond acceptors (Lipinski definition) is 2. The Labute approximate surface area is 132 Å². The molecule has 114 valence electrons. The number of rotatable bonds is 6. The maximum Gasteiger partial charge on any atom is 0.123 e. The average molecular weight is 342 g/mol. The molecule has 20 heavy (non-hydrogen) atoms. The van der Waals surface area contributed by atoms with Gasteiger partial charge in [-0.25, -0.2) is 0 Å². The summed E-state index contributed by atoms with van der Waals surface area (Å²) in [7, 11) is 1.74. The molecule has 0 radical (unpaired) electrons. The molecule has 0 bridgehead atoms. The molecule has 0 aliphatic carbocycles. The molecule has 1 aromatic carbocycles. The van der Waals surface area contributed by atoms with E-state index in [-0.39, 0.29) is 0 Å². The summed E-state index contributed by atoms with van der Waals surface area (Å²) < 4.78 is 6.63. The van der Waals surface area contributed by atoms with E-state index in [1.54, 1.807) is 7.11 Å². The van der Waals surface area contributed by atoms with Crippen LogP contribution in [0.4, 0.5) is 0 Å². The predicted molar refractivity (Wildman–Crippen MR) is 90.3 cm³/mol. The van der Waals surface area contributed by atoms with Gasteiger partial charge in [0.15, 0.2) is 0 Å². The van der Waals surface area contributed by atoms with E-state index < -0.39 is 0 Å². The van der Waals surface area contributed by atoms with Crippen molar-refractivity contribution in [3.8, 4) is 5.75 Å². The highest BCUT2D eigenvalue weighted by molar-refractivity contribution is 9.10. The van der Waals surface area contributed by atoms with Crippen LogP contribution >= 0.6 is 15.9 Å². The van der Waals surface area contributed by atoms with Crippen LogP contribution in [0, 0.1) is 11.3 Å². The van der Waals surface area contributed by atoms with E-state index in [0.717, 1.165) is 23.2 Å². The minimum absolute atomic E-state index is 0.312. The van der Waals surface area contributed by atoms with Crippen LogP contribution in [0.5, 0.6) is 5.75 Å². The zero-order valence-electron chi connectivity index (χ0n) is 13.6. The lowest BCUT2D eigenvalue weighted by molar-refractivity contribution is 0.222. The molecule has 0 fully saturated rings. The highest BCUT2D eigenvalue weighted by Crippen LogP contribution is 2.37. The lowest BCUT2D eigenvalue weighted by Gasteiger charge is -2.32. The third-order valence-corrected chi connectivity index (χ3v) is 4.58. The maximum absolute atomic E-state index is 5.53. The maximum atomic E-state index is 5.53. The van der Waals surface area contributed by atoms with Gasteiger partial charge in [-0.1, -0.05) is 50.5 Å². The third-order valence-electron chi connectivity index (χ3n) is 4.09. The van der Waals surface area contributed by atoms with Gasteiger partial charge in [-0.15, -0.1) is 0 Å². The largest absolute Gasteiger partial charge is 0.496 e. The van der Waals surface area contributed by atoms with E-state index in [0.29, 0.717) is 17.4 Å². The third kappa shape index (κ3) is 4.78. The Morgan fingerprint density at radius 3 is 2.45 bits per heavy atom. The summed E-state index contributed by atoms with van der Waals surface area (Å²) in [6.07, 6.45) is 1.10. The smallest absolute Gasteiger partial charge is 0.123 e. The fourth-order valence-corrected chi connectivity index (χ4v) is 2.63. The molecule has 2 atom stereocenters. The van der Waals surface area contributed by atoms with Crippen LogP contribution < -0.4 is 10.1 Å². The molecule has 3 heteroatoms. The second-order valence-electron chi connectivity index (χ2n) is 6.50. The topological polar surface area (TPSA) is 21.3 Å². The van der Waals surface area contributed by atoms with Crippen molar-refractivity contribution in [2.24, 2.45) is 11.3 Å². The Bertz CT molecular complexity index is 425. The molecule has 2 unspecified atom stereocenters. The van der Waals surface area contributed by atoms with Gasteiger partial charge in [0.25, 0.3) is 0 Å². The summed E-state index contributed by atoms with van der Waals surface area (Å²) in [6, 6.07) is 6.55. The zero-order chi connectivity index (χ0) is 15.3. The molecule has 1 aromatic rings. The van der Waals surface area contributed by atoms with Gasteiger partial charge in [0.2, 0.25) is 0 Å². The molecule has 0 aromatic heterocycles. The van der Waals surface area contributed by atoms with Crippen molar-refractivity contribution >= 4 is 15.9 Å². The Balaban J connectivity index is 3.04. The van der Waals surface area contributed by atoms with Crippen LogP contribution in [0.25, 0.3) is 0 Å². The molecular formula is C17H28BrNO. The van der Waals surface area contributed by atoms with E-state index in [1.807, 2.05) is 12.1 Å². The molecule has 2 nitrogen and oxygen atoms in total. The molecule has 1 rings (SSSR count). The summed E-state index contributed by atoms with van der Waals surface area (Å²) in [5.74, 6) is 1.58. The first-order valence-corrected chi connectivity index (χ1v) is 8.15. The molecule has 0 saturated carbocycles. The summed E-state index contributed by atoms with van der Waals surface area (Å²) >= 11 is 3.57. The van der Waals surface area contributed by atoms with E-state index in [4.69, 9.17) is 4.74 Å². The van der Waals surface area contributed by atoms with Crippen molar-refractivity contribution in [1.82, 2.24) is 5.32 Å². The molecule has 0 aliphatic rings. The van der Waals surface area contributed by atoms with Gasteiger partial charge in [0.05, 0.1) is 7.11 Å². The number of benzene rings is 1. The van der Waals surface area contributed by atoms with Crippen molar-refractivity contribution in [3.63, 3.8) is 0 Å². The van der Waals surface area contributed by atoms with E-state index in [1.165, 1.54) is 5.56 Å². The van der Waals surface area contributed by atoms with Crippen LogP contribution in [0.3, 0.4) is 0 Å². The second kappa shape index (κ2) is 7.46. The van der Waals surface area contributed by atoms with Gasteiger partial charge in [-0.3, -0.25) is 0 Å². The van der Waals surface area contributed by atoms with Gasteiger partial charge in [-0.2, -0.15) is 0 Å². The lowest BCUT2D eigenvalue weighted by atomic mass is 9.77. The molecule has 0 amide bonds. The molecule has 0 spiro atoms. The number of nitrogens with one attached hydrogen (secondary N) is 1. The quantitative estimate of drug-likeness (QED) is 0.769. The van der Waals surface area contributed by atoms with Crippen molar-refractivity contribution in [2.45, 2.75) is 47.1 Å². The van der Waals surface area contributed by atoms with Crippen LogP contribution in [-0.4, -0.2) is 13.7 Å².